The second kappa shape index (κ2) is 3.79. The zero-order valence-electron chi connectivity index (χ0n) is 7.50. The van der Waals surface area contributed by atoms with E-state index in [-0.39, 0.29) is 5.15 Å². The molecule has 0 bridgehead atoms. The summed E-state index contributed by atoms with van der Waals surface area (Å²) in [5.41, 5.74) is 6.28. The first-order valence-corrected chi connectivity index (χ1v) is 5.31. The van der Waals surface area contributed by atoms with Crippen molar-refractivity contribution in [2.75, 3.05) is 0 Å². The van der Waals surface area contributed by atoms with Crippen LogP contribution in [0.5, 0.6) is 0 Å². The normalized spacial score (nSPS) is 10.5. The number of benzene rings is 1. The highest BCUT2D eigenvalue weighted by molar-refractivity contribution is 9.10. The van der Waals surface area contributed by atoms with Gasteiger partial charge in [0.2, 0.25) is 5.91 Å². The molecule has 15 heavy (non-hydrogen) atoms. The van der Waals surface area contributed by atoms with Crippen molar-refractivity contribution in [1.29, 1.82) is 0 Å². The van der Waals surface area contributed by atoms with Crippen molar-refractivity contribution in [3.05, 3.63) is 39.5 Å². The number of primary amides is 1. The summed E-state index contributed by atoms with van der Waals surface area (Å²) in [5, 5.41) is 0.949. The summed E-state index contributed by atoms with van der Waals surface area (Å²) in [4.78, 5) is 15.3. The lowest BCUT2D eigenvalue weighted by Crippen LogP contribution is -2.11. The Labute approximate surface area is 99.4 Å². The maximum Gasteiger partial charge on any atom is 0.249 e. The van der Waals surface area contributed by atoms with Gasteiger partial charge in [0, 0.05) is 9.86 Å². The number of para-hydroxylation sites is 1. The van der Waals surface area contributed by atoms with Crippen molar-refractivity contribution < 1.29 is 4.79 Å². The third-order valence-electron chi connectivity index (χ3n) is 2.02. The first-order valence-electron chi connectivity index (χ1n) is 4.14. The van der Waals surface area contributed by atoms with Crippen LogP contribution in [0.1, 0.15) is 10.4 Å². The average Bonchev–Trinajstić information content (AvgIpc) is 2.18. The minimum atomic E-state index is -0.512. The fourth-order valence-electron chi connectivity index (χ4n) is 1.39. The third-order valence-corrected chi connectivity index (χ3v) is 2.86. The van der Waals surface area contributed by atoms with Crippen LogP contribution in [0, 0.1) is 0 Å². The first kappa shape index (κ1) is 10.4. The largest absolute Gasteiger partial charge is 0.366 e. The second-order valence-corrected chi connectivity index (χ2v) is 4.23. The molecule has 2 aromatic rings. The lowest BCUT2D eigenvalue weighted by molar-refractivity contribution is 0.100. The van der Waals surface area contributed by atoms with Crippen molar-refractivity contribution >= 4 is 44.3 Å². The molecule has 0 aliphatic rings. The molecule has 0 radical (unpaired) electrons. The molecule has 0 unspecified atom stereocenters. The van der Waals surface area contributed by atoms with Gasteiger partial charge in [-0.1, -0.05) is 23.7 Å². The van der Waals surface area contributed by atoms with E-state index in [1.807, 2.05) is 12.1 Å². The van der Waals surface area contributed by atoms with Crippen LogP contribution in [0.25, 0.3) is 10.9 Å². The maximum absolute atomic E-state index is 11.2. The summed E-state index contributed by atoms with van der Waals surface area (Å²) in [5.74, 6) is -0.512. The van der Waals surface area contributed by atoms with Gasteiger partial charge < -0.3 is 5.73 Å². The van der Waals surface area contributed by atoms with Crippen LogP contribution in [-0.2, 0) is 0 Å². The van der Waals surface area contributed by atoms with Gasteiger partial charge in [-0.25, -0.2) is 4.98 Å². The van der Waals surface area contributed by atoms with Gasteiger partial charge in [0.25, 0.3) is 0 Å². The highest BCUT2D eigenvalue weighted by Gasteiger charge is 2.10. The molecular formula is C10H6BrClN2O. The third kappa shape index (κ3) is 1.82. The van der Waals surface area contributed by atoms with E-state index in [4.69, 9.17) is 17.3 Å². The molecule has 1 heterocycles. The van der Waals surface area contributed by atoms with Crippen molar-refractivity contribution in [3.63, 3.8) is 0 Å². The summed E-state index contributed by atoms with van der Waals surface area (Å²) in [7, 11) is 0. The summed E-state index contributed by atoms with van der Waals surface area (Å²) in [6.45, 7) is 0. The molecule has 0 spiro atoms. The van der Waals surface area contributed by atoms with Gasteiger partial charge in [-0.15, -0.1) is 0 Å². The van der Waals surface area contributed by atoms with Crippen molar-refractivity contribution in [2.45, 2.75) is 0 Å². The fraction of sp³-hybridized carbons (Fsp3) is 0. The number of rotatable bonds is 1. The van der Waals surface area contributed by atoms with E-state index in [0.717, 1.165) is 4.47 Å². The van der Waals surface area contributed by atoms with Crippen molar-refractivity contribution in [1.82, 2.24) is 4.98 Å². The van der Waals surface area contributed by atoms with Gasteiger partial charge in [-0.3, -0.25) is 4.79 Å². The Balaban J connectivity index is 2.92. The molecule has 0 saturated carbocycles. The number of nitrogens with two attached hydrogens (primary N) is 1. The monoisotopic (exact) mass is 284 g/mol. The molecular weight excluding hydrogens is 279 g/mol. The molecule has 0 aliphatic carbocycles. The Morgan fingerprint density at radius 2 is 2.20 bits per heavy atom. The molecule has 1 aromatic carbocycles. The van der Waals surface area contributed by atoms with Crippen molar-refractivity contribution in [2.24, 2.45) is 5.73 Å². The van der Waals surface area contributed by atoms with Gasteiger partial charge >= 0.3 is 0 Å². The molecule has 2 N–H and O–H groups in total. The molecule has 76 valence electrons. The topological polar surface area (TPSA) is 56.0 Å². The molecule has 1 amide bonds. The van der Waals surface area contributed by atoms with Gasteiger partial charge in [0.05, 0.1) is 11.1 Å². The molecule has 3 nitrogen and oxygen atoms in total. The molecule has 5 heteroatoms. The fourth-order valence-corrected chi connectivity index (χ4v) is 2.03. The number of carbonyl (C=O) groups is 1. The van der Waals surface area contributed by atoms with Crippen LogP contribution in [0.2, 0.25) is 5.15 Å². The first-order chi connectivity index (χ1) is 7.09. The number of amides is 1. The van der Waals surface area contributed by atoms with Crippen LogP contribution < -0.4 is 5.73 Å². The van der Waals surface area contributed by atoms with E-state index >= 15 is 0 Å². The predicted octanol–water partition coefficient (Wildman–Crippen LogP) is 2.75. The van der Waals surface area contributed by atoms with Crippen molar-refractivity contribution in [3.8, 4) is 0 Å². The SMILES string of the molecule is NC(=O)c1cc(Cl)nc2c(Br)cccc12. The standard InChI is InChI=1S/C10H6BrClN2O/c11-7-3-1-2-5-6(10(13)15)4-8(12)14-9(5)7/h1-4H,(H2,13,15). The Morgan fingerprint density at radius 1 is 1.47 bits per heavy atom. The zero-order valence-corrected chi connectivity index (χ0v) is 9.84. The summed E-state index contributed by atoms with van der Waals surface area (Å²) < 4.78 is 0.782. The smallest absolute Gasteiger partial charge is 0.249 e. The van der Waals surface area contributed by atoms with Crippen LogP contribution in [-0.4, -0.2) is 10.9 Å². The van der Waals surface area contributed by atoms with E-state index in [1.165, 1.54) is 6.07 Å². The zero-order chi connectivity index (χ0) is 11.0. The minimum absolute atomic E-state index is 0.253. The summed E-state index contributed by atoms with van der Waals surface area (Å²) in [6, 6.07) is 6.90. The minimum Gasteiger partial charge on any atom is -0.366 e. The van der Waals surface area contributed by atoms with Gasteiger partial charge in [0.1, 0.15) is 5.15 Å². The van der Waals surface area contributed by atoms with Crippen LogP contribution in [0.4, 0.5) is 0 Å². The second-order valence-electron chi connectivity index (χ2n) is 2.99. The van der Waals surface area contributed by atoms with Gasteiger partial charge in [0.15, 0.2) is 0 Å². The number of halogens is 2. The summed E-state index contributed by atoms with van der Waals surface area (Å²) >= 11 is 9.14. The number of fused-ring (bicyclic) bond motifs is 1. The Kier molecular flexibility index (Phi) is 2.63. The molecule has 0 aliphatic heterocycles. The summed E-state index contributed by atoms with van der Waals surface area (Å²) in [6.07, 6.45) is 0. The van der Waals surface area contributed by atoms with Gasteiger partial charge in [-0.05, 0) is 28.1 Å². The molecule has 1 aromatic heterocycles. The number of carbonyl (C=O) groups excluding carboxylic acids is 1. The van der Waals surface area contributed by atoms with E-state index in [2.05, 4.69) is 20.9 Å². The number of nitrogens with zero attached hydrogens (tertiary/aromatic N) is 1. The highest BCUT2D eigenvalue weighted by Crippen LogP contribution is 2.26. The Hall–Kier alpha value is -1.13. The number of pyridine rings is 1. The quantitative estimate of drug-likeness (QED) is 0.819. The Morgan fingerprint density at radius 3 is 2.87 bits per heavy atom. The van der Waals surface area contributed by atoms with E-state index in [0.29, 0.717) is 16.5 Å². The molecule has 0 saturated heterocycles. The molecule has 0 fully saturated rings. The number of hydrogen-bond acceptors (Lipinski definition) is 2. The number of aromatic nitrogens is 1. The van der Waals surface area contributed by atoms with Crippen LogP contribution in [0.15, 0.2) is 28.7 Å². The lowest BCUT2D eigenvalue weighted by atomic mass is 10.1. The molecule has 0 atom stereocenters. The van der Waals surface area contributed by atoms with Crippen LogP contribution in [0.3, 0.4) is 0 Å². The van der Waals surface area contributed by atoms with E-state index in [9.17, 15) is 4.79 Å². The Bertz CT molecular complexity index is 556. The molecule has 2 rings (SSSR count). The van der Waals surface area contributed by atoms with E-state index in [1.54, 1.807) is 6.07 Å². The van der Waals surface area contributed by atoms with E-state index < -0.39 is 5.91 Å². The predicted molar refractivity (Wildman–Crippen MR) is 63.0 cm³/mol. The average molecular weight is 286 g/mol. The lowest BCUT2D eigenvalue weighted by Gasteiger charge is -2.04. The maximum atomic E-state index is 11.2. The van der Waals surface area contributed by atoms with Crippen LogP contribution >= 0.6 is 27.5 Å². The number of hydrogen-bond donors (Lipinski definition) is 1. The highest BCUT2D eigenvalue weighted by atomic mass is 79.9. The van der Waals surface area contributed by atoms with Gasteiger partial charge in [-0.2, -0.15) is 0 Å².